The predicted molar refractivity (Wildman–Crippen MR) is 295 cm³/mol. The summed E-state index contributed by atoms with van der Waals surface area (Å²) in [6, 6.07) is 7.98. The van der Waals surface area contributed by atoms with E-state index in [0.29, 0.717) is 71.7 Å². The first-order chi connectivity index (χ1) is 38.0. The summed E-state index contributed by atoms with van der Waals surface area (Å²) in [4.78, 5) is 128. The number of unbranched alkanes of at least 4 members (excludes halogenated alkanes) is 1. The fourth-order valence-electron chi connectivity index (χ4n) is 8.71. The molecule has 79 heavy (non-hydrogen) atoms. The van der Waals surface area contributed by atoms with Gasteiger partial charge in [0.1, 0.15) is 82.0 Å². The van der Waals surface area contributed by atoms with Crippen LogP contribution in [0.4, 0.5) is 4.79 Å². The number of urea groups is 1. The Morgan fingerprint density at radius 3 is 2.20 bits per heavy atom. The van der Waals surface area contributed by atoms with Crippen LogP contribution in [0.3, 0.4) is 0 Å². The number of carbonyl (C=O) groups excluding carboxylic acids is 6. The number of imide groups is 1. The fraction of sp³-hybridized carbons (Fsp3) is 0.280. The Labute approximate surface area is 472 Å². The molecule has 9 N–H and O–H groups in total. The highest BCUT2D eigenvalue weighted by atomic mass is 32.1. The zero-order valence-corrected chi connectivity index (χ0v) is 46.3. The van der Waals surface area contributed by atoms with Gasteiger partial charge in [-0.2, -0.15) is 0 Å². The fourth-order valence-corrected chi connectivity index (χ4v) is 14.0. The predicted octanol–water partition coefficient (Wildman–Crippen LogP) is 6.55. The number of hydrogen-bond donors (Lipinski definition) is 8. The molecule has 7 aromatic heterocycles. The number of primary amides is 1. The molecule has 29 heteroatoms. The molecular formula is C50H45N13O10S6. The summed E-state index contributed by atoms with van der Waals surface area (Å²) in [6.07, 6.45) is -1.90. The number of rotatable bonds is 11. The average Bonchev–Trinajstić information content (AvgIpc) is 4.39. The number of aliphatic hydroxyl groups is 2. The van der Waals surface area contributed by atoms with Crippen LogP contribution in [0.25, 0.3) is 43.4 Å². The maximum atomic E-state index is 14.3. The minimum Gasteiger partial charge on any atom is -0.481 e. The number of carbonyl (C=O) groups is 7. The Balaban J connectivity index is 1.03. The van der Waals surface area contributed by atoms with E-state index in [4.69, 9.17) is 30.8 Å². The monoisotopic (exact) mass is 1180 g/mol. The lowest BCUT2D eigenvalue weighted by Gasteiger charge is -2.24. The van der Waals surface area contributed by atoms with Crippen LogP contribution in [-0.4, -0.2) is 116 Å². The highest BCUT2D eigenvalue weighted by Gasteiger charge is 2.44. The van der Waals surface area contributed by atoms with Gasteiger partial charge in [0.05, 0.1) is 30.3 Å². The lowest BCUT2D eigenvalue weighted by molar-refractivity contribution is -0.137. The number of aromatic nitrogens is 7. The first-order valence-corrected chi connectivity index (χ1v) is 29.4. The van der Waals surface area contributed by atoms with Crippen LogP contribution < -0.4 is 27.0 Å². The third-order valence-corrected chi connectivity index (χ3v) is 18.3. The second kappa shape index (κ2) is 23.4. The Bertz CT molecular complexity index is 3650. The third kappa shape index (κ3) is 11.9. The zero-order valence-electron chi connectivity index (χ0n) is 41.4. The summed E-state index contributed by atoms with van der Waals surface area (Å²) in [6.45, 7) is 3.55. The number of benzene rings is 1. The minimum atomic E-state index is -1.39. The van der Waals surface area contributed by atoms with Crippen LogP contribution in [0, 0.1) is 12.8 Å². The first kappa shape index (κ1) is 54.7. The summed E-state index contributed by atoms with van der Waals surface area (Å²) in [5.41, 5.74) is 8.02. The van der Waals surface area contributed by atoms with Crippen LogP contribution in [0.1, 0.15) is 124 Å². The van der Waals surface area contributed by atoms with Crippen LogP contribution >= 0.6 is 68.0 Å². The summed E-state index contributed by atoms with van der Waals surface area (Å²) in [7, 11) is 0. The number of nitrogens with one attached hydrogen (secondary N) is 4. The lowest BCUT2D eigenvalue weighted by Crippen LogP contribution is -2.43. The maximum Gasteiger partial charge on any atom is 0.325 e. The van der Waals surface area contributed by atoms with Crippen LogP contribution in [0.15, 0.2) is 69.4 Å². The van der Waals surface area contributed by atoms with Crippen molar-refractivity contribution in [1.82, 2.24) is 61.1 Å². The van der Waals surface area contributed by atoms with Gasteiger partial charge in [-0.25, -0.2) is 39.7 Å². The third-order valence-electron chi connectivity index (χ3n) is 12.8. The smallest absolute Gasteiger partial charge is 0.325 e. The molecule has 0 saturated carbocycles. The van der Waals surface area contributed by atoms with E-state index in [-0.39, 0.29) is 52.3 Å². The molecule has 406 valence electrons. The van der Waals surface area contributed by atoms with Gasteiger partial charge in [-0.1, -0.05) is 37.3 Å². The van der Waals surface area contributed by atoms with Gasteiger partial charge in [0.2, 0.25) is 5.91 Å². The Kier molecular flexibility index (Phi) is 16.2. The molecular weight excluding hydrogens is 1140 g/mol. The number of pyridine rings is 1. The normalized spacial score (nSPS) is 19.0. The van der Waals surface area contributed by atoms with Crippen molar-refractivity contribution in [2.24, 2.45) is 11.7 Å². The quantitative estimate of drug-likeness (QED) is 0.0636. The van der Waals surface area contributed by atoms with Crippen molar-refractivity contribution in [1.29, 1.82) is 0 Å². The molecule has 1 aromatic carbocycles. The number of aliphatic hydroxyl groups excluding tert-OH is 2. The van der Waals surface area contributed by atoms with E-state index in [0.717, 1.165) is 34.0 Å². The van der Waals surface area contributed by atoms with Crippen molar-refractivity contribution >= 4 is 110 Å². The van der Waals surface area contributed by atoms with Crippen molar-refractivity contribution < 1.29 is 48.9 Å². The average molecular weight is 1180 g/mol. The molecule has 23 nitrogen and oxygen atoms in total. The second-order valence-electron chi connectivity index (χ2n) is 18.2. The Morgan fingerprint density at radius 1 is 0.734 bits per heavy atom. The van der Waals surface area contributed by atoms with E-state index >= 15 is 0 Å². The Morgan fingerprint density at radius 2 is 1.42 bits per heavy atom. The molecule has 0 radical (unpaired) electrons. The van der Waals surface area contributed by atoms with Crippen LogP contribution in [-0.2, 0) is 9.59 Å². The number of hydrogen-bond acceptors (Lipinski definition) is 22. The van der Waals surface area contributed by atoms with Crippen molar-refractivity contribution in [3.63, 3.8) is 0 Å². The molecule has 10 bridgehead atoms. The lowest BCUT2D eigenvalue weighted by atomic mass is 10.0. The minimum absolute atomic E-state index is 0.0105. The van der Waals surface area contributed by atoms with E-state index in [2.05, 4.69) is 36.2 Å². The second-order valence-corrected chi connectivity index (χ2v) is 23.8. The number of aryl methyl sites for hydroxylation is 1. The van der Waals surface area contributed by atoms with Crippen molar-refractivity contribution in [2.45, 2.75) is 69.9 Å². The van der Waals surface area contributed by atoms with Gasteiger partial charge in [-0.15, -0.1) is 68.0 Å². The van der Waals surface area contributed by atoms with Crippen LogP contribution in [0.2, 0.25) is 0 Å². The number of nitrogens with two attached hydrogens (primary N) is 1. The highest BCUT2D eigenvalue weighted by Crippen LogP contribution is 2.42. The zero-order chi connectivity index (χ0) is 55.6. The van der Waals surface area contributed by atoms with E-state index in [9.17, 15) is 43.8 Å². The van der Waals surface area contributed by atoms with Gasteiger partial charge in [0.15, 0.2) is 0 Å². The number of amides is 7. The molecule has 2 aliphatic rings. The molecule has 0 unspecified atom stereocenters. The van der Waals surface area contributed by atoms with E-state index < -0.39 is 84.2 Å². The maximum absolute atomic E-state index is 14.3. The first-order valence-electron chi connectivity index (χ1n) is 24.2. The van der Waals surface area contributed by atoms with E-state index in [1.807, 2.05) is 0 Å². The summed E-state index contributed by atoms with van der Waals surface area (Å²) in [5.74, 6) is -4.94. The largest absolute Gasteiger partial charge is 0.481 e. The van der Waals surface area contributed by atoms with Crippen molar-refractivity contribution in [2.75, 3.05) is 13.1 Å². The number of nitrogens with zero attached hydrogens (tertiary/aromatic N) is 8. The molecule has 6 atom stereocenters. The number of carboxylic acids is 1. The standard InChI is InChI=1S/C50H45N13O10S6/c1-21-32(64)15-63-38(21)49-59-31(20-78-49)46-55-27(16-75-46)36-24(11-12-25(53-36)45-57-28(17-76-45)40(69)52-13-7-6-10-34(66)67)44-56-29(18-74-44)41(70)54-26(14-33(51)65)47-61-35(22(2)79-47)43(72)60-37(39(68)23-8-4-3-5-9-23)48-58-30(19-77-48)42(71)62-50(63)73/h3-5,8-9,11-12,16-21,26,32,37-39,64,68H,6-7,10,13-15H2,1-2H3,(H2,51,65)(H,52,69)(H,54,70)(H,60,72)(H,66,67)(H,62,71,73)/t21-,26-,32-,37-,38-,39+/m0/s1. The Hall–Kier alpha value is -7.64. The molecule has 2 aliphatic heterocycles. The molecule has 1 fully saturated rings. The number of fused-ring (bicyclic) bond motifs is 16. The van der Waals surface area contributed by atoms with Gasteiger partial charge < -0.3 is 41.9 Å². The number of thiazole rings is 6. The number of aliphatic carboxylic acids is 1. The van der Waals surface area contributed by atoms with Gasteiger partial charge >= 0.3 is 12.0 Å². The molecule has 8 aromatic rings. The topological polar surface area (TPSA) is 348 Å². The van der Waals surface area contributed by atoms with E-state index in [1.165, 1.54) is 49.7 Å². The molecule has 9 heterocycles. The van der Waals surface area contributed by atoms with E-state index in [1.54, 1.807) is 72.5 Å². The number of carboxylic acid groups (broad SMARTS) is 1. The summed E-state index contributed by atoms with van der Waals surface area (Å²) in [5, 5.41) is 52.7. The van der Waals surface area contributed by atoms with Crippen molar-refractivity contribution in [3.05, 3.63) is 118 Å². The van der Waals surface area contributed by atoms with Gasteiger partial charge in [-0.05, 0) is 37.5 Å². The van der Waals surface area contributed by atoms with Crippen LogP contribution in [0.5, 0.6) is 0 Å². The van der Waals surface area contributed by atoms with Gasteiger partial charge in [0, 0.05) is 62.8 Å². The van der Waals surface area contributed by atoms with Gasteiger partial charge in [-0.3, -0.25) is 34.1 Å². The molecule has 0 spiro atoms. The summed E-state index contributed by atoms with van der Waals surface area (Å²) < 4.78 is 0. The molecule has 7 amide bonds. The SMILES string of the molecule is Cc1sc2nc1C(=O)N[C@@H]([C@H](O)c1ccccc1)c1nc(cs1)C(=O)NC(=O)N1C[C@H](O)[C@H](C)[C@H]1c1nc(cs1)-c1nc(cs1)-c1nc(-c3nc(C(=O)NCCCCC(=O)O)cs3)ccc1-c1nc(cs1)C(=O)N[C@H]2CC(N)=O. The molecule has 10 rings (SSSR count). The molecule has 0 aliphatic carbocycles. The van der Waals surface area contributed by atoms with Crippen molar-refractivity contribution in [3.8, 4) is 43.4 Å². The highest BCUT2D eigenvalue weighted by molar-refractivity contribution is 7.15. The molecule has 1 saturated heterocycles. The summed E-state index contributed by atoms with van der Waals surface area (Å²) >= 11 is 6.83. The van der Waals surface area contributed by atoms with Gasteiger partial charge in [0.25, 0.3) is 23.6 Å².